The second kappa shape index (κ2) is 7.50. The number of hydrogen-bond donors (Lipinski definition) is 1. The first-order valence-electron chi connectivity index (χ1n) is 9.46. The van der Waals surface area contributed by atoms with Crippen molar-refractivity contribution in [3.63, 3.8) is 0 Å². The van der Waals surface area contributed by atoms with E-state index in [1.165, 1.54) is 43.6 Å². The lowest BCUT2D eigenvalue weighted by atomic mass is 9.83. The summed E-state index contributed by atoms with van der Waals surface area (Å²) in [5.41, 5.74) is 2.86. The minimum Gasteiger partial charge on any atom is -0.312 e. The highest BCUT2D eigenvalue weighted by molar-refractivity contribution is 5.32. The Labute approximate surface area is 145 Å². The van der Waals surface area contributed by atoms with Gasteiger partial charge in [-0.05, 0) is 55.9 Å². The highest BCUT2D eigenvalue weighted by atomic mass is 15.2. The van der Waals surface area contributed by atoms with Gasteiger partial charge < -0.3 is 10.2 Å². The van der Waals surface area contributed by atoms with E-state index in [4.69, 9.17) is 0 Å². The topological polar surface area (TPSA) is 15.3 Å². The van der Waals surface area contributed by atoms with Crippen molar-refractivity contribution >= 4 is 0 Å². The number of rotatable bonds is 6. The zero-order valence-corrected chi connectivity index (χ0v) is 14.4. The van der Waals surface area contributed by atoms with Crippen molar-refractivity contribution in [3.05, 3.63) is 71.8 Å². The molecule has 3 heterocycles. The zero-order chi connectivity index (χ0) is 16.2. The van der Waals surface area contributed by atoms with Gasteiger partial charge in [-0.2, -0.15) is 0 Å². The molecule has 3 aliphatic heterocycles. The maximum atomic E-state index is 3.88. The minimum atomic E-state index is 0.487. The van der Waals surface area contributed by atoms with Gasteiger partial charge in [0.1, 0.15) is 0 Å². The van der Waals surface area contributed by atoms with Crippen molar-refractivity contribution in [1.82, 2.24) is 10.2 Å². The van der Waals surface area contributed by atoms with Crippen LogP contribution in [-0.2, 0) is 0 Å². The molecule has 0 radical (unpaired) electrons. The van der Waals surface area contributed by atoms with Crippen LogP contribution in [0.1, 0.15) is 36.3 Å². The van der Waals surface area contributed by atoms with Crippen LogP contribution in [-0.4, -0.2) is 37.1 Å². The summed E-state index contributed by atoms with van der Waals surface area (Å²) in [4.78, 5) is 2.63. The van der Waals surface area contributed by atoms with E-state index in [0.717, 1.165) is 18.9 Å². The van der Waals surface area contributed by atoms with Crippen molar-refractivity contribution in [2.75, 3.05) is 26.2 Å². The molecule has 2 aromatic carbocycles. The predicted molar refractivity (Wildman–Crippen MR) is 100 cm³/mol. The van der Waals surface area contributed by atoms with Gasteiger partial charge in [-0.15, -0.1) is 0 Å². The average Bonchev–Trinajstić information content (AvgIpc) is 2.68. The molecule has 1 unspecified atom stereocenters. The highest BCUT2D eigenvalue weighted by Crippen LogP contribution is 2.29. The largest absolute Gasteiger partial charge is 0.312 e. The van der Waals surface area contributed by atoms with E-state index in [2.05, 4.69) is 70.9 Å². The Balaban J connectivity index is 1.41. The van der Waals surface area contributed by atoms with Gasteiger partial charge in [-0.1, -0.05) is 60.7 Å². The molecule has 126 valence electrons. The van der Waals surface area contributed by atoms with Gasteiger partial charge in [0.05, 0.1) is 0 Å². The summed E-state index contributed by atoms with van der Waals surface area (Å²) < 4.78 is 0. The van der Waals surface area contributed by atoms with E-state index in [-0.39, 0.29) is 0 Å². The van der Waals surface area contributed by atoms with Crippen molar-refractivity contribution in [2.24, 2.45) is 5.92 Å². The van der Waals surface area contributed by atoms with Gasteiger partial charge in [0.15, 0.2) is 0 Å². The summed E-state index contributed by atoms with van der Waals surface area (Å²) in [5, 5.41) is 3.88. The molecule has 2 heteroatoms. The van der Waals surface area contributed by atoms with Crippen LogP contribution >= 0.6 is 0 Å². The molecule has 0 aromatic heterocycles. The molecule has 2 bridgehead atoms. The van der Waals surface area contributed by atoms with Crippen LogP contribution in [0.3, 0.4) is 0 Å². The Morgan fingerprint density at radius 3 is 1.96 bits per heavy atom. The third-order valence-corrected chi connectivity index (χ3v) is 5.90. The van der Waals surface area contributed by atoms with Gasteiger partial charge in [-0.3, -0.25) is 0 Å². The summed E-state index contributed by atoms with van der Waals surface area (Å²) >= 11 is 0. The van der Waals surface area contributed by atoms with Crippen LogP contribution in [0.2, 0.25) is 0 Å². The number of hydrogen-bond acceptors (Lipinski definition) is 2. The van der Waals surface area contributed by atoms with E-state index < -0.39 is 0 Å². The molecule has 0 saturated carbocycles. The van der Waals surface area contributed by atoms with Crippen molar-refractivity contribution in [3.8, 4) is 0 Å². The molecule has 1 N–H and O–H groups in total. The maximum Gasteiger partial charge on any atom is 0.0224 e. The van der Waals surface area contributed by atoms with E-state index in [0.29, 0.717) is 12.0 Å². The molecule has 2 nitrogen and oxygen atoms in total. The van der Waals surface area contributed by atoms with E-state index in [9.17, 15) is 0 Å². The van der Waals surface area contributed by atoms with Crippen molar-refractivity contribution < 1.29 is 0 Å². The van der Waals surface area contributed by atoms with Gasteiger partial charge in [0.2, 0.25) is 0 Å². The predicted octanol–water partition coefficient (Wildman–Crippen LogP) is 3.89. The zero-order valence-electron chi connectivity index (χ0n) is 14.4. The van der Waals surface area contributed by atoms with Gasteiger partial charge >= 0.3 is 0 Å². The molecule has 3 saturated heterocycles. The van der Waals surface area contributed by atoms with E-state index in [1.54, 1.807) is 0 Å². The lowest BCUT2D eigenvalue weighted by Gasteiger charge is -2.45. The van der Waals surface area contributed by atoms with Gasteiger partial charge in [-0.25, -0.2) is 0 Å². The number of fused-ring (bicyclic) bond motifs is 3. The minimum absolute atomic E-state index is 0.487. The first kappa shape index (κ1) is 15.9. The van der Waals surface area contributed by atoms with Crippen LogP contribution in [0.4, 0.5) is 0 Å². The highest BCUT2D eigenvalue weighted by Gasteiger charge is 2.33. The van der Waals surface area contributed by atoms with Crippen molar-refractivity contribution in [1.29, 1.82) is 0 Å². The van der Waals surface area contributed by atoms with Crippen LogP contribution < -0.4 is 5.32 Å². The third-order valence-electron chi connectivity index (χ3n) is 5.90. The Hall–Kier alpha value is -1.64. The number of nitrogens with one attached hydrogen (secondary N) is 1. The molecule has 0 spiro atoms. The molecule has 5 rings (SSSR count). The molecular formula is C22H28N2. The van der Waals surface area contributed by atoms with Crippen LogP contribution in [0.25, 0.3) is 0 Å². The van der Waals surface area contributed by atoms with Gasteiger partial charge in [0.25, 0.3) is 0 Å². The normalized spacial score (nSPS) is 26.0. The quantitative estimate of drug-likeness (QED) is 0.868. The van der Waals surface area contributed by atoms with E-state index in [1.807, 2.05) is 0 Å². The summed E-state index contributed by atoms with van der Waals surface area (Å²) in [5.74, 6) is 1.39. The van der Waals surface area contributed by atoms with Crippen LogP contribution in [0.15, 0.2) is 60.7 Å². The third kappa shape index (κ3) is 3.55. The van der Waals surface area contributed by atoms with Crippen molar-refractivity contribution in [2.45, 2.75) is 31.2 Å². The molecule has 3 aliphatic rings. The molecular weight excluding hydrogens is 292 g/mol. The Morgan fingerprint density at radius 2 is 1.46 bits per heavy atom. The molecule has 3 fully saturated rings. The summed E-state index contributed by atoms with van der Waals surface area (Å²) in [7, 11) is 0. The lowest BCUT2D eigenvalue weighted by molar-refractivity contribution is 0.0727. The molecule has 24 heavy (non-hydrogen) atoms. The number of nitrogens with zero attached hydrogens (tertiary/aromatic N) is 1. The number of benzene rings is 2. The Kier molecular flexibility index (Phi) is 4.96. The van der Waals surface area contributed by atoms with Crippen LogP contribution in [0.5, 0.6) is 0 Å². The standard InChI is InChI=1S/C22H28N2/c1-3-7-18(8-4-1)21(19-9-5-2-6-10-19)11-14-23-22-17-24-15-12-20(22)13-16-24/h1-10,20-23H,11-17H2. The monoisotopic (exact) mass is 320 g/mol. The Morgan fingerprint density at radius 1 is 0.875 bits per heavy atom. The summed E-state index contributed by atoms with van der Waals surface area (Å²) in [6.45, 7) is 4.99. The fourth-order valence-electron chi connectivity index (χ4n) is 4.51. The smallest absolute Gasteiger partial charge is 0.0224 e. The fraction of sp³-hybridized carbons (Fsp3) is 0.455. The molecule has 2 aromatic rings. The second-order valence-corrected chi connectivity index (χ2v) is 7.36. The molecule has 0 aliphatic carbocycles. The SMILES string of the molecule is c1ccc(C(CCNC2CN3CCC2CC3)c2ccccc2)cc1. The van der Waals surface area contributed by atoms with Crippen LogP contribution in [0, 0.1) is 5.92 Å². The number of piperidine rings is 3. The fourth-order valence-corrected chi connectivity index (χ4v) is 4.51. The van der Waals surface area contributed by atoms with Gasteiger partial charge in [0, 0.05) is 18.5 Å². The molecule has 1 atom stereocenters. The van der Waals surface area contributed by atoms with E-state index >= 15 is 0 Å². The lowest BCUT2D eigenvalue weighted by Crippen LogP contribution is -2.56. The molecule has 0 amide bonds. The summed E-state index contributed by atoms with van der Waals surface area (Å²) in [6.07, 6.45) is 3.94. The second-order valence-electron chi connectivity index (χ2n) is 7.36. The maximum absolute atomic E-state index is 3.88. The summed E-state index contributed by atoms with van der Waals surface area (Å²) in [6, 6.07) is 22.6. The first-order chi connectivity index (χ1) is 11.9. The average molecular weight is 320 g/mol. The first-order valence-corrected chi connectivity index (χ1v) is 9.46. The Bertz CT molecular complexity index is 577.